The molecular formula is C2H4Cl2N4O2S. The predicted molar refractivity (Wildman–Crippen MR) is 41.1 cm³/mol. The zero-order valence-corrected chi connectivity index (χ0v) is 7.37. The Kier molecular flexibility index (Phi) is 3.09. The lowest BCUT2D eigenvalue weighted by molar-refractivity contribution is 0.602. The van der Waals surface area contributed by atoms with E-state index in [2.05, 4.69) is 15.2 Å². The molecule has 0 aliphatic carbocycles. The highest BCUT2D eigenvalue weighted by molar-refractivity contribution is 8.13. The predicted octanol–water partition coefficient (Wildman–Crippen LogP) is -0.264. The molecule has 0 saturated carbocycles. The average molecular weight is 219 g/mol. The van der Waals surface area contributed by atoms with Crippen LogP contribution in [0.4, 0.5) is 5.95 Å². The van der Waals surface area contributed by atoms with Gasteiger partial charge in [-0.05, 0) is 0 Å². The molecule has 0 fully saturated rings. The number of nitrogens with zero attached hydrogens (tertiary/aromatic N) is 2. The maximum absolute atomic E-state index is 10.4. The van der Waals surface area contributed by atoms with Gasteiger partial charge in [-0.1, -0.05) is 0 Å². The fraction of sp³-hybridized carbons (Fsp3) is 0. The molecule has 0 spiro atoms. The zero-order valence-electron chi connectivity index (χ0n) is 4.98. The molecule has 0 radical (unpaired) electrons. The van der Waals surface area contributed by atoms with Gasteiger partial charge in [-0.25, -0.2) is 13.5 Å². The van der Waals surface area contributed by atoms with Crippen LogP contribution < -0.4 is 5.73 Å². The monoisotopic (exact) mass is 218 g/mol. The summed E-state index contributed by atoms with van der Waals surface area (Å²) in [4.78, 5) is 3.27. The molecule has 1 aromatic heterocycles. The van der Waals surface area contributed by atoms with E-state index in [0.29, 0.717) is 0 Å². The Morgan fingerprint density at radius 1 is 1.55 bits per heavy atom. The Bertz CT molecular complexity index is 332. The number of H-pyrrole nitrogens is 1. The minimum absolute atomic E-state index is 0. The summed E-state index contributed by atoms with van der Waals surface area (Å²) in [5, 5.41) is 4.83. The van der Waals surface area contributed by atoms with E-state index in [-0.39, 0.29) is 18.4 Å². The molecule has 11 heavy (non-hydrogen) atoms. The second-order valence-corrected chi connectivity index (χ2v) is 3.90. The SMILES string of the molecule is Cl.Nc1nc(S(=O)(=O)Cl)n[nH]1. The third kappa shape index (κ3) is 2.52. The summed E-state index contributed by atoms with van der Waals surface area (Å²) >= 11 is 0. The third-order valence-corrected chi connectivity index (χ3v) is 1.73. The van der Waals surface area contributed by atoms with Crippen LogP contribution in [-0.2, 0) is 9.05 Å². The molecule has 0 aliphatic rings. The van der Waals surface area contributed by atoms with Gasteiger partial charge in [-0.15, -0.1) is 17.5 Å². The van der Waals surface area contributed by atoms with Crippen LogP contribution in [0.3, 0.4) is 0 Å². The van der Waals surface area contributed by atoms with Crippen molar-refractivity contribution in [3.8, 4) is 0 Å². The van der Waals surface area contributed by atoms with Gasteiger partial charge in [0.15, 0.2) is 0 Å². The minimum Gasteiger partial charge on any atom is -0.368 e. The van der Waals surface area contributed by atoms with Gasteiger partial charge in [-0.3, -0.25) is 0 Å². The molecule has 1 rings (SSSR count). The highest BCUT2D eigenvalue weighted by Crippen LogP contribution is 2.08. The summed E-state index contributed by atoms with van der Waals surface area (Å²) in [6.07, 6.45) is 0. The van der Waals surface area contributed by atoms with Crippen molar-refractivity contribution >= 4 is 38.1 Å². The number of rotatable bonds is 1. The summed E-state index contributed by atoms with van der Waals surface area (Å²) in [5.41, 5.74) is 5.02. The maximum Gasteiger partial charge on any atom is 0.298 e. The Morgan fingerprint density at radius 3 is 2.27 bits per heavy atom. The first-order chi connectivity index (χ1) is 4.50. The summed E-state index contributed by atoms with van der Waals surface area (Å²) in [6.45, 7) is 0. The van der Waals surface area contributed by atoms with Crippen molar-refractivity contribution in [1.29, 1.82) is 0 Å². The highest BCUT2D eigenvalue weighted by Gasteiger charge is 2.14. The van der Waals surface area contributed by atoms with E-state index >= 15 is 0 Å². The molecule has 0 bridgehead atoms. The van der Waals surface area contributed by atoms with E-state index in [4.69, 9.17) is 16.4 Å². The standard InChI is InChI=1S/C2H3ClN4O2S.ClH/c3-10(8,9)2-5-1(4)6-7-2;/h(H3,4,5,6,7);1H. The van der Waals surface area contributed by atoms with Gasteiger partial charge in [0.1, 0.15) is 0 Å². The molecule has 0 saturated heterocycles. The first-order valence-corrected chi connectivity index (χ1v) is 4.43. The number of nitrogens with one attached hydrogen (secondary N) is 1. The molecule has 0 unspecified atom stereocenters. The summed E-state index contributed by atoms with van der Waals surface area (Å²) in [6, 6.07) is 0. The van der Waals surface area contributed by atoms with Crippen LogP contribution in [0, 0.1) is 0 Å². The van der Waals surface area contributed by atoms with Crippen LogP contribution in [0.1, 0.15) is 0 Å². The van der Waals surface area contributed by atoms with Crippen LogP contribution in [0.15, 0.2) is 5.16 Å². The molecule has 0 aliphatic heterocycles. The fourth-order valence-electron chi connectivity index (χ4n) is 0.367. The lowest BCUT2D eigenvalue weighted by Crippen LogP contribution is -1.93. The van der Waals surface area contributed by atoms with Crippen molar-refractivity contribution < 1.29 is 8.42 Å². The number of halogens is 2. The van der Waals surface area contributed by atoms with Crippen molar-refractivity contribution in [1.82, 2.24) is 15.2 Å². The van der Waals surface area contributed by atoms with Crippen molar-refractivity contribution in [2.45, 2.75) is 5.16 Å². The third-order valence-electron chi connectivity index (χ3n) is 0.700. The van der Waals surface area contributed by atoms with Crippen LogP contribution in [-0.4, -0.2) is 23.6 Å². The summed E-state index contributed by atoms with van der Waals surface area (Å²) < 4.78 is 20.8. The molecular weight excluding hydrogens is 215 g/mol. The molecule has 0 atom stereocenters. The van der Waals surface area contributed by atoms with Gasteiger partial charge < -0.3 is 5.73 Å². The molecule has 1 aromatic rings. The number of hydrogen-bond donors (Lipinski definition) is 2. The largest absolute Gasteiger partial charge is 0.368 e. The first-order valence-electron chi connectivity index (χ1n) is 2.12. The average Bonchev–Trinajstić information content (AvgIpc) is 2.11. The number of nitrogens with two attached hydrogens (primary N) is 1. The zero-order chi connectivity index (χ0) is 7.78. The number of nitrogen functional groups attached to an aromatic ring is 1. The molecule has 0 aromatic carbocycles. The fourth-order valence-corrected chi connectivity index (χ4v) is 0.936. The second-order valence-electron chi connectivity index (χ2n) is 1.44. The van der Waals surface area contributed by atoms with Gasteiger partial charge in [0.05, 0.1) is 0 Å². The first kappa shape index (κ1) is 10.5. The van der Waals surface area contributed by atoms with Crippen molar-refractivity contribution in [3.63, 3.8) is 0 Å². The van der Waals surface area contributed by atoms with Gasteiger partial charge in [0.2, 0.25) is 5.95 Å². The van der Waals surface area contributed by atoms with E-state index in [1.165, 1.54) is 0 Å². The van der Waals surface area contributed by atoms with Gasteiger partial charge in [0.25, 0.3) is 14.2 Å². The Morgan fingerprint density at radius 2 is 2.09 bits per heavy atom. The molecule has 3 N–H and O–H groups in total. The van der Waals surface area contributed by atoms with Crippen molar-refractivity contribution in [2.24, 2.45) is 0 Å². The molecule has 9 heteroatoms. The highest BCUT2D eigenvalue weighted by atomic mass is 35.7. The molecule has 0 amide bonds. The van der Waals surface area contributed by atoms with Crippen molar-refractivity contribution in [2.75, 3.05) is 5.73 Å². The quantitative estimate of drug-likeness (QED) is 0.633. The number of aromatic nitrogens is 3. The smallest absolute Gasteiger partial charge is 0.298 e. The molecule has 6 nitrogen and oxygen atoms in total. The number of anilines is 1. The van der Waals surface area contributed by atoms with E-state index in [1.54, 1.807) is 0 Å². The Labute approximate surface area is 73.0 Å². The van der Waals surface area contributed by atoms with Gasteiger partial charge >= 0.3 is 0 Å². The second kappa shape index (κ2) is 3.24. The van der Waals surface area contributed by atoms with Crippen LogP contribution in [0.5, 0.6) is 0 Å². The van der Waals surface area contributed by atoms with E-state index in [9.17, 15) is 8.42 Å². The summed E-state index contributed by atoms with van der Waals surface area (Å²) in [5.74, 6) is -0.0841. The van der Waals surface area contributed by atoms with E-state index in [1.807, 2.05) is 0 Å². The Balaban J connectivity index is 0.000001000. The maximum atomic E-state index is 10.4. The molecule has 1 heterocycles. The lowest BCUT2D eigenvalue weighted by Gasteiger charge is -1.80. The van der Waals surface area contributed by atoms with Crippen LogP contribution >= 0.6 is 23.1 Å². The topological polar surface area (TPSA) is 102 Å². The van der Waals surface area contributed by atoms with Crippen LogP contribution in [0.2, 0.25) is 0 Å². The molecule has 64 valence electrons. The van der Waals surface area contributed by atoms with Gasteiger partial charge in [0, 0.05) is 10.7 Å². The van der Waals surface area contributed by atoms with Gasteiger partial charge in [-0.2, -0.15) is 4.98 Å². The normalized spacial score (nSPS) is 10.6. The number of aromatic amines is 1. The van der Waals surface area contributed by atoms with Crippen molar-refractivity contribution in [3.05, 3.63) is 0 Å². The van der Waals surface area contributed by atoms with E-state index < -0.39 is 14.2 Å². The minimum atomic E-state index is -3.84. The van der Waals surface area contributed by atoms with E-state index in [0.717, 1.165) is 0 Å². The summed E-state index contributed by atoms with van der Waals surface area (Å²) in [7, 11) is 1.00. The number of hydrogen-bond acceptors (Lipinski definition) is 5. The lowest BCUT2D eigenvalue weighted by atomic mass is 11.1. The van der Waals surface area contributed by atoms with Crippen LogP contribution in [0.25, 0.3) is 0 Å². The Hall–Kier alpha value is -0.530.